The van der Waals surface area contributed by atoms with Crippen LogP contribution in [0.4, 0.5) is 11.4 Å². The van der Waals surface area contributed by atoms with E-state index in [2.05, 4.69) is 157 Å². The molecule has 0 radical (unpaired) electrons. The van der Waals surface area contributed by atoms with Crippen molar-refractivity contribution in [2.45, 2.75) is 0 Å². The molecule has 0 N–H and O–H groups in total. The minimum absolute atomic E-state index is 1.08. The molecule has 0 atom stereocenters. The van der Waals surface area contributed by atoms with E-state index in [1.165, 1.54) is 22.3 Å². The minimum atomic E-state index is 1.08. The summed E-state index contributed by atoms with van der Waals surface area (Å²) in [5, 5.41) is 0. The Morgan fingerprint density at radius 1 is 0.486 bits per heavy atom. The molecule has 0 saturated carbocycles. The molecule has 0 aromatic heterocycles. The van der Waals surface area contributed by atoms with Crippen LogP contribution in [0.15, 0.2) is 170 Å². The third-order valence-electron chi connectivity index (χ3n) is 6.23. The molecule has 5 rings (SSSR count). The second-order valence-electron chi connectivity index (χ2n) is 8.71. The molecule has 178 valence electrons. The lowest BCUT2D eigenvalue weighted by Crippen LogP contribution is -2.15. The van der Waals surface area contributed by atoms with Gasteiger partial charge in [-0.05, 0) is 58.2 Å². The van der Waals surface area contributed by atoms with E-state index in [1.54, 1.807) is 6.08 Å². The quantitative estimate of drug-likeness (QED) is 0.202. The number of hydrogen-bond donors (Lipinski definition) is 0. The molecule has 0 aliphatic carbocycles. The highest BCUT2D eigenvalue weighted by molar-refractivity contribution is 5.90. The average Bonchev–Trinajstić information content (AvgIpc) is 2.98. The van der Waals surface area contributed by atoms with Gasteiger partial charge in [0.25, 0.3) is 0 Å². The zero-order valence-electron chi connectivity index (χ0n) is 20.7. The molecule has 1 heteroatoms. The van der Waals surface area contributed by atoms with Gasteiger partial charge in [-0.3, -0.25) is 0 Å². The molecule has 0 fully saturated rings. The number of nitrogens with zero attached hydrogens (tertiary/aromatic N) is 1. The summed E-state index contributed by atoms with van der Waals surface area (Å²) in [6.07, 6.45) is 7.96. The van der Waals surface area contributed by atoms with Crippen molar-refractivity contribution in [2.75, 3.05) is 4.90 Å². The Hall–Kier alpha value is -4.88. The van der Waals surface area contributed by atoms with Gasteiger partial charge in [0.2, 0.25) is 0 Å². The Bertz CT molecular complexity index is 1430. The fourth-order valence-electron chi connectivity index (χ4n) is 4.47. The minimum Gasteiger partial charge on any atom is -0.310 e. The van der Waals surface area contributed by atoms with E-state index >= 15 is 0 Å². The van der Waals surface area contributed by atoms with Crippen LogP contribution in [0.3, 0.4) is 0 Å². The SMILES string of the molecule is C=C/C=C\C=C(/c1ccccc1)N(c1cccc(-c2ccccc2)c1)c1cccc(-c2ccccc2)c1. The van der Waals surface area contributed by atoms with Gasteiger partial charge in [-0.25, -0.2) is 0 Å². The molecule has 5 aromatic rings. The van der Waals surface area contributed by atoms with E-state index in [9.17, 15) is 0 Å². The molecular weight excluding hydrogens is 446 g/mol. The van der Waals surface area contributed by atoms with Crippen LogP contribution >= 0.6 is 0 Å². The van der Waals surface area contributed by atoms with E-state index in [0.717, 1.165) is 22.6 Å². The normalized spacial score (nSPS) is 11.4. The molecule has 0 aliphatic heterocycles. The van der Waals surface area contributed by atoms with Crippen molar-refractivity contribution >= 4 is 17.1 Å². The molecule has 0 spiro atoms. The molecular formula is C36H29N. The summed E-state index contributed by atoms with van der Waals surface area (Å²) in [5.41, 5.74) is 9.13. The summed E-state index contributed by atoms with van der Waals surface area (Å²) in [4.78, 5) is 2.33. The standard InChI is InChI=1S/C36H29N/c1-2-3-7-26-36(31-20-12-6-13-21-31)37(34-24-14-22-32(27-34)29-16-8-4-9-17-29)35-25-15-23-33(28-35)30-18-10-5-11-19-30/h2-28H,1H2/b7-3-,36-26+. The molecule has 0 heterocycles. The fraction of sp³-hybridized carbons (Fsp3) is 0. The molecule has 0 saturated heterocycles. The summed E-state index contributed by atoms with van der Waals surface area (Å²) in [6.45, 7) is 3.85. The maximum atomic E-state index is 3.85. The van der Waals surface area contributed by atoms with E-state index in [0.29, 0.717) is 0 Å². The first-order valence-electron chi connectivity index (χ1n) is 12.5. The van der Waals surface area contributed by atoms with Crippen molar-refractivity contribution in [3.8, 4) is 22.3 Å². The molecule has 0 bridgehead atoms. The number of hydrogen-bond acceptors (Lipinski definition) is 1. The van der Waals surface area contributed by atoms with Crippen molar-refractivity contribution in [1.82, 2.24) is 0 Å². The van der Waals surface area contributed by atoms with E-state index < -0.39 is 0 Å². The van der Waals surface area contributed by atoms with Gasteiger partial charge in [-0.1, -0.05) is 140 Å². The van der Waals surface area contributed by atoms with Gasteiger partial charge in [0.15, 0.2) is 0 Å². The second-order valence-corrected chi connectivity index (χ2v) is 8.71. The Morgan fingerprint density at radius 2 is 0.946 bits per heavy atom. The first kappa shape index (κ1) is 23.8. The van der Waals surface area contributed by atoms with Gasteiger partial charge in [-0.15, -0.1) is 0 Å². The average molecular weight is 476 g/mol. The van der Waals surface area contributed by atoms with Crippen molar-refractivity contribution in [3.63, 3.8) is 0 Å². The first-order valence-corrected chi connectivity index (χ1v) is 12.5. The lowest BCUT2D eigenvalue weighted by Gasteiger charge is -2.29. The molecule has 0 amide bonds. The van der Waals surface area contributed by atoms with Crippen molar-refractivity contribution in [1.29, 1.82) is 0 Å². The molecule has 37 heavy (non-hydrogen) atoms. The van der Waals surface area contributed by atoms with Crippen molar-refractivity contribution in [2.24, 2.45) is 0 Å². The highest BCUT2D eigenvalue weighted by Gasteiger charge is 2.17. The molecule has 0 aliphatic rings. The predicted octanol–water partition coefficient (Wildman–Crippen LogP) is 9.94. The van der Waals surface area contributed by atoms with Gasteiger partial charge >= 0.3 is 0 Å². The number of rotatable bonds is 8. The van der Waals surface area contributed by atoms with Crippen LogP contribution in [-0.2, 0) is 0 Å². The van der Waals surface area contributed by atoms with Crippen molar-refractivity contribution in [3.05, 3.63) is 176 Å². The van der Waals surface area contributed by atoms with Crippen LogP contribution in [0.1, 0.15) is 5.56 Å². The van der Waals surface area contributed by atoms with Gasteiger partial charge in [0.1, 0.15) is 0 Å². The van der Waals surface area contributed by atoms with Crippen LogP contribution in [-0.4, -0.2) is 0 Å². The fourth-order valence-corrected chi connectivity index (χ4v) is 4.47. The summed E-state index contributed by atoms with van der Waals surface area (Å²) >= 11 is 0. The summed E-state index contributed by atoms with van der Waals surface area (Å²) < 4.78 is 0. The lowest BCUT2D eigenvalue weighted by molar-refractivity contribution is 1.29. The van der Waals surface area contributed by atoms with Crippen LogP contribution in [0, 0.1) is 0 Å². The number of anilines is 2. The number of benzene rings is 5. The molecule has 5 aromatic carbocycles. The Morgan fingerprint density at radius 3 is 1.43 bits per heavy atom. The van der Waals surface area contributed by atoms with Crippen molar-refractivity contribution < 1.29 is 0 Å². The molecule has 1 nitrogen and oxygen atoms in total. The van der Waals surface area contributed by atoms with E-state index in [1.807, 2.05) is 12.2 Å². The van der Waals surface area contributed by atoms with Crippen LogP contribution in [0.2, 0.25) is 0 Å². The second kappa shape index (κ2) is 11.7. The zero-order chi connectivity index (χ0) is 25.3. The third-order valence-corrected chi connectivity index (χ3v) is 6.23. The van der Waals surface area contributed by atoms with Crippen LogP contribution in [0.25, 0.3) is 28.0 Å². The highest BCUT2D eigenvalue weighted by atomic mass is 15.1. The summed E-state index contributed by atoms with van der Waals surface area (Å²) in [6, 6.07) is 49.1. The summed E-state index contributed by atoms with van der Waals surface area (Å²) in [7, 11) is 0. The molecule has 0 unspecified atom stereocenters. The highest BCUT2D eigenvalue weighted by Crippen LogP contribution is 2.38. The largest absolute Gasteiger partial charge is 0.310 e. The predicted molar refractivity (Wildman–Crippen MR) is 160 cm³/mol. The summed E-state index contributed by atoms with van der Waals surface area (Å²) in [5.74, 6) is 0. The van der Waals surface area contributed by atoms with Gasteiger partial charge in [0, 0.05) is 11.4 Å². The number of allylic oxidation sites excluding steroid dienone is 4. The Balaban J connectivity index is 1.71. The van der Waals surface area contributed by atoms with Crippen LogP contribution in [0.5, 0.6) is 0 Å². The lowest BCUT2D eigenvalue weighted by atomic mass is 10.0. The zero-order valence-corrected chi connectivity index (χ0v) is 20.7. The maximum Gasteiger partial charge on any atom is 0.0533 e. The monoisotopic (exact) mass is 475 g/mol. The Kier molecular flexibility index (Phi) is 7.54. The Labute approximate surface area is 220 Å². The van der Waals surface area contributed by atoms with Crippen LogP contribution < -0.4 is 4.90 Å². The van der Waals surface area contributed by atoms with Gasteiger partial charge in [0.05, 0.1) is 5.70 Å². The van der Waals surface area contributed by atoms with Gasteiger partial charge in [-0.2, -0.15) is 0 Å². The first-order chi connectivity index (χ1) is 18.3. The third kappa shape index (κ3) is 5.69. The smallest absolute Gasteiger partial charge is 0.0533 e. The van der Waals surface area contributed by atoms with E-state index in [-0.39, 0.29) is 0 Å². The topological polar surface area (TPSA) is 3.24 Å². The maximum absolute atomic E-state index is 3.85. The van der Waals surface area contributed by atoms with E-state index in [4.69, 9.17) is 0 Å². The van der Waals surface area contributed by atoms with Gasteiger partial charge < -0.3 is 4.90 Å².